The fourth-order valence-electron chi connectivity index (χ4n) is 3.13. The highest BCUT2D eigenvalue weighted by Gasteiger charge is 2.38. The predicted octanol–water partition coefficient (Wildman–Crippen LogP) is 4.60. The maximum absolute atomic E-state index is 11.9. The Hall–Kier alpha value is -1.59. The molecule has 5 nitrogen and oxygen atoms in total. The molecule has 0 fully saturated rings. The van der Waals surface area contributed by atoms with Crippen molar-refractivity contribution in [3.05, 3.63) is 29.8 Å². The normalized spacial score (nSPS) is 15.6. The second-order valence-electron chi connectivity index (χ2n) is 9.32. The van der Waals surface area contributed by atoms with Crippen LogP contribution >= 0.6 is 0 Å². The van der Waals surface area contributed by atoms with E-state index in [1.54, 1.807) is 21.0 Å². The summed E-state index contributed by atoms with van der Waals surface area (Å²) in [5.41, 5.74) is 0.128. The molecule has 0 amide bonds. The number of carbonyl (C=O) groups is 1. The van der Waals surface area contributed by atoms with E-state index in [1.807, 2.05) is 24.3 Å². The minimum absolute atomic E-state index is 0.0260. The average Bonchev–Trinajstić information content (AvgIpc) is 2.63. The Balaban J connectivity index is 2.71. The predicted molar refractivity (Wildman–Crippen MR) is 111 cm³/mol. The molecule has 0 aliphatic carbocycles. The molecule has 1 rings (SSSR count). The molecular formula is C23H38O5. The van der Waals surface area contributed by atoms with Crippen molar-refractivity contribution < 1.29 is 24.1 Å². The third-order valence-corrected chi connectivity index (χ3v) is 5.36. The molecule has 0 unspecified atom stereocenters. The summed E-state index contributed by atoms with van der Waals surface area (Å²) in [6.07, 6.45) is 0.573. The Morgan fingerprint density at radius 2 is 1.61 bits per heavy atom. The van der Waals surface area contributed by atoms with Crippen molar-refractivity contribution in [3.8, 4) is 5.75 Å². The van der Waals surface area contributed by atoms with E-state index >= 15 is 0 Å². The Labute approximate surface area is 170 Å². The van der Waals surface area contributed by atoms with Gasteiger partial charge in [0.25, 0.3) is 0 Å². The second kappa shape index (κ2) is 10.3. The number of hydrogen-bond acceptors (Lipinski definition) is 5. The molecular weight excluding hydrogens is 356 g/mol. The van der Waals surface area contributed by atoms with Crippen LogP contribution in [-0.4, -0.2) is 37.5 Å². The first-order chi connectivity index (χ1) is 12.9. The van der Waals surface area contributed by atoms with Gasteiger partial charge in [0.1, 0.15) is 5.75 Å². The molecule has 5 heteroatoms. The van der Waals surface area contributed by atoms with Gasteiger partial charge in [-0.05, 0) is 55.7 Å². The van der Waals surface area contributed by atoms with Gasteiger partial charge in [-0.25, -0.2) is 0 Å². The van der Waals surface area contributed by atoms with Crippen molar-refractivity contribution >= 4 is 5.97 Å². The molecule has 160 valence electrons. The molecule has 1 aromatic rings. The lowest BCUT2D eigenvalue weighted by Gasteiger charge is -2.35. The highest BCUT2D eigenvalue weighted by atomic mass is 16.5. The van der Waals surface area contributed by atoms with Crippen molar-refractivity contribution in [1.82, 2.24) is 0 Å². The lowest BCUT2D eigenvalue weighted by Crippen LogP contribution is -2.40. The van der Waals surface area contributed by atoms with Crippen LogP contribution in [0, 0.1) is 16.7 Å². The number of ether oxygens (including phenoxy) is 3. The maximum atomic E-state index is 11.9. The average molecular weight is 395 g/mol. The third kappa shape index (κ3) is 7.10. The van der Waals surface area contributed by atoms with Gasteiger partial charge in [-0.3, -0.25) is 4.79 Å². The van der Waals surface area contributed by atoms with E-state index in [4.69, 9.17) is 14.2 Å². The van der Waals surface area contributed by atoms with Crippen molar-refractivity contribution in [2.45, 2.75) is 73.2 Å². The summed E-state index contributed by atoms with van der Waals surface area (Å²) in [4.78, 5) is 11.9. The first-order valence-electron chi connectivity index (χ1n) is 9.92. The summed E-state index contributed by atoms with van der Waals surface area (Å²) >= 11 is 0. The van der Waals surface area contributed by atoms with E-state index in [0.717, 1.165) is 17.7 Å². The summed E-state index contributed by atoms with van der Waals surface area (Å²) in [6.45, 7) is 12.5. The molecule has 1 N–H and O–H groups in total. The number of esters is 1. The van der Waals surface area contributed by atoms with E-state index in [0.29, 0.717) is 13.0 Å². The van der Waals surface area contributed by atoms with Gasteiger partial charge in [0.2, 0.25) is 0 Å². The van der Waals surface area contributed by atoms with E-state index < -0.39 is 17.5 Å². The smallest absolute Gasteiger partial charge is 0.313 e. The van der Waals surface area contributed by atoms with Crippen LogP contribution in [0.5, 0.6) is 5.75 Å². The zero-order valence-corrected chi connectivity index (χ0v) is 18.7. The van der Waals surface area contributed by atoms with Crippen LogP contribution in [0.3, 0.4) is 0 Å². The van der Waals surface area contributed by atoms with Gasteiger partial charge in [-0.1, -0.05) is 39.8 Å². The van der Waals surface area contributed by atoms with Gasteiger partial charge in [-0.2, -0.15) is 0 Å². The highest BCUT2D eigenvalue weighted by Crippen LogP contribution is 2.33. The molecule has 0 saturated carbocycles. The zero-order chi connectivity index (χ0) is 21.5. The highest BCUT2D eigenvalue weighted by molar-refractivity contribution is 5.76. The lowest BCUT2D eigenvalue weighted by molar-refractivity contribution is -0.158. The molecule has 1 aromatic carbocycles. The number of rotatable bonds is 10. The van der Waals surface area contributed by atoms with Gasteiger partial charge in [0.15, 0.2) is 0 Å². The Morgan fingerprint density at radius 3 is 2.07 bits per heavy atom. The Bertz CT molecular complexity index is 600. The quantitative estimate of drug-likeness (QED) is 0.588. The molecule has 0 saturated heterocycles. The Kier molecular flexibility index (Phi) is 8.96. The number of hydrogen-bond donors (Lipinski definition) is 1. The van der Waals surface area contributed by atoms with Crippen LogP contribution in [0.2, 0.25) is 0 Å². The largest absolute Gasteiger partial charge is 0.497 e. The van der Waals surface area contributed by atoms with Crippen LogP contribution in [-0.2, 0) is 20.9 Å². The lowest BCUT2D eigenvalue weighted by atomic mass is 9.78. The van der Waals surface area contributed by atoms with E-state index in [2.05, 4.69) is 27.7 Å². The monoisotopic (exact) mass is 394 g/mol. The molecule has 0 aliphatic rings. The van der Waals surface area contributed by atoms with Gasteiger partial charge in [0.05, 0.1) is 38.4 Å². The number of benzene rings is 1. The summed E-state index contributed by atoms with van der Waals surface area (Å²) < 4.78 is 16.3. The van der Waals surface area contributed by atoms with Gasteiger partial charge < -0.3 is 19.3 Å². The van der Waals surface area contributed by atoms with Crippen LogP contribution in [0.4, 0.5) is 0 Å². The van der Waals surface area contributed by atoms with Gasteiger partial charge in [-0.15, -0.1) is 0 Å². The number of methoxy groups -OCH3 is 2. The van der Waals surface area contributed by atoms with Crippen molar-refractivity contribution in [2.75, 3.05) is 14.2 Å². The minimum Gasteiger partial charge on any atom is -0.497 e. The molecule has 0 radical (unpaired) electrons. The fourth-order valence-corrected chi connectivity index (χ4v) is 3.13. The van der Waals surface area contributed by atoms with E-state index in [1.165, 1.54) is 7.11 Å². The summed E-state index contributed by atoms with van der Waals surface area (Å²) in [7, 11) is 3.00. The minimum atomic E-state index is -0.926. The van der Waals surface area contributed by atoms with Crippen molar-refractivity contribution in [2.24, 2.45) is 16.7 Å². The van der Waals surface area contributed by atoms with Crippen molar-refractivity contribution in [1.29, 1.82) is 0 Å². The molecule has 0 aliphatic heterocycles. The Morgan fingerprint density at radius 1 is 1.04 bits per heavy atom. The van der Waals surface area contributed by atoms with Gasteiger partial charge in [0, 0.05) is 0 Å². The number of carbonyl (C=O) groups excluding carboxylic acids is 1. The van der Waals surface area contributed by atoms with Crippen molar-refractivity contribution in [3.63, 3.8) is 0 Å². The third-order valence-electron chi connectivity index (χ3n) is 5.36. The fraction of sp³-hybridized carbons (Fsp3) is 0.696. The number of aliphatic hydroxyl groups is 1. The summed E-state index contributed by atoms with van der Waals surface area (Å²) in [6, 6.07) is 7.87. The molecule has 0 bridgehead atoms. The van der Waals surface area contributed by atoms with Crippen LogP contribution in [0.15, 0.2) is 24.3 Å². The van der Waals surface area contributed by atoms with Crippen LogP contribution in [0.1, 0.15) is 59.9 Å². The van der Waals surface area contributed by atoms with E-state index in [-0.39, 0.29) is 17.4 Å². The summed E-state index contributed by atoms with van der Waals surface area (Å²) in [5, 5.41) is 10.6. The number of aliphatic hydroxyl groups excluding tert-OH is 1. The molecule has 0 aromatic heterocycles. The van der Waals surface area contributed by atoms with Crippen LogP contribution < -0.4 is 4.74 Å². The second-order valence-corrected chi connectivity index (χ2v) is 9.32. The maximum Gasteiger partial charge on any atom is 0.313 e. The molecule has 28 heavy (non-hydrogen) atoms. The first kappa shape index (κ1) is 24.4. The first-order valence-corrected chi connectivity index (χ1v) is 9.92. The van der Waals surface area contributed by atoms with Gasteiger partial charge >= 0.3 is 5.97 Å². The topological polar surface area (TPSA) is 65.0 Å². The van der Waals surface area contributed by atoms with E-state index in [9.17, 15) is 9.90 Å². The molecule has 3 atom stereocenters. The van der Waals surface area contributed by atoms with Crippen LogP contribution in [0.25, 0.3) is 0 Å². The zero-order valence-electron chi connectivity index (χ0n) is 18.7. The summed E-state index contributed by atoms with van der Waals surface area (Å²) in [5.74, 6) is 0.626. The molecule has 0 heterocycles. The SMILES string of the molecule is COC(=O)C(C)(C)[C@@H](O)C[C@H](C)C[C@H](OCc1ccc(OC)cc1)C(C)(C)C. The molecule has 0 spiro atoms. The standard InChI is InChI=1S/C23H38O5/c1-16(13-19(24)23(5,6)21(25)27-8)14-20(22(2,3)4)28-15-17-9-11-18(26-7)12-10-17/h9-12,16,19-20,24H,13-15H2,1-8H3/t16-,19-,20-/m0/s1.